The lowest BCUT2D eigenvalue weighted by Crippen LogP contribution is -2.32. The molecule has 0 bridgehead atoms. The molecule has 1 aliphatic heterocycles. The summed E-state index contributed by atoms with van der Waals surface area (Å²) in [4.78, 5) is 17.5. The van der Waals surface area contributed by atoms with E-state index in [0.717, 1.165) is 11.3 Å². The molecule has 24 heavy (non-hydrogen) atoms. The third-order valence-corrected chi connectivity index (χ3v) is 3.68. The number of anilines is 1. The summed E-state index contributed by atoms with van der Waals surface area (Å²) in [6.45, 7) is 1.82. The van der Waals surface area contributed by atoms with Crippen molar-refractivity contribution in [3.8, 4) is 5.75 Å². The molecule has 0 aliphatic carbocycles. The molecule has 0 spiro atoms. The van der Waals surface area contributed by atoms with Crippen LogP contribution in [0.4, 0.5) is 10.1 Å². The maximum absolute atomic E-state index is 13.0. The lowest BCUT2D eigenvalue weighted by atomic mass is 10.1. The maximum atomic E-state index is 13.0. The van der Waals surface area contributed by atoms with Gasteiger partial charge < -0.3 is 21.1 Å². The summed E-state index contributed by atoms with van der Waals surface area (Å²) in [7, 11) is 0. The van der Waals surface area contributed by atoms with Crippen molar-refractivity contribution in [3.05, 3.63) is 59.4 Å². The number of nitrogens with zero attached hydrogens (tertiary/aromatic N) is 2. The van der Waals surface area contributed by atoms with Gasteiger partial charge in [0.2, 0.25) is 0 Å². The molecule has 0 saturated heterocycles. The van der Waals surface area contributed by atoms with Crippen molar-refractivity contribution >= 4 is 17.6 Å². The van der Waals surface area contributed by atoms with Crippen LogP contribution in [0.1, 0.15) is 15.9 Å². The molecule has 0 atom stereocenters. The first-order valence-corrected chi connectivity index (χ1v) is 7.43. The highest BCUT2D eigenvalue weighted by Gasteiger charge is 2.20. The molecular formula is C17H17FN4O2. The molecule has 0 unspecified atom stereocenters. The Labute approximate surface area is 138 Å². The lowest BCUT2D eigenvalue weighted by Gasteiger charge is -2.31. The van der Waals surface area contributed by atoms with Crippen LogP contribution in [0.3, 0.4) is 0 Å². The quantitative estimate of drug-likeness (QED) is 0.660. The molecule has 124 valence electrons. The summed E-state index contributed by atoms with van der Waals surface area (Å²) < 4.78 is 18.7. The van der Waals surface area contributed by atoms with Crippen LogP contribution in [0, 0.1) is 5.82 Å². The molecule has 0 radical (unpaired) electrons. The molecule has 0 saturated carbocycles. The van der Waals surface area contributed by atoms with Crippen molar-refractivity contribution in [2.24, 2.45) is 16.5 Å². The molecule has 0 aromatic heterocycles. The fraction of sp³-hybridized carbons (Fsp3) is 0.176. The number of carbonyl (C=O) groups excluding carboxylic acids is 1. The number of benzene rings is 2. The van der Waals surface area contributed by atoms with E-state index in [2.05, 4.69) is 9.89 Å². The number of fused-ring (bicyclic) bond motifs is 1. The van der Waals surface area contributed by atoms with E-state index in [4.69, 9.17) is 16.2 Å². The smallest absolute Gasteiger partial charge is 0.280 e. The van der Waals surface area contributed by atoms with Gasteiger partial charge in [0.25, 0.3) is 5.91 Å². The lowest BCUT2D eigenvalue weighted by molar-refractivity contribution is 0.100. The van der Waals surface area contributed by atoms with Gasteiger partial charge in [-0.1, -0.05) is 12.1 Å². The van der Waals surface area contributed by atoms with Crippen molar-refractivity contribution < 1.29 is 13.9 Å². The molecule has 6 nitrogen and oxygen atoms in total. The topological polar surface area (TPSA) is 93.9 Å². The number of halogens is 1. The maximum Gasteiger partial charge on any atom is 0.280 e. The Bertz CT molecular complexity index is 786. The minimum Gasteiger partial charge on any atom is -0.490 e. The van der Waals surface area contributed by atoms with Crippen LogP contribution >= 0.6 is 0 Å². The van der Waals surface area contributed by atoms with Crippen LogP contribution in [0.5, 0.6) is 5.75 Å². The molecule has 0 fully saturated rings. The Morgan fingerprint density at radius 1 is 1.21 bits per heavy atom. The Balaban J connectivity index is 1.84. The fourth-order valence-corrected chi connectivity index (χ4v) is 2.57. The molecule has 4 N–H and O–H groups in total. The zero-order chi connectivity index (χ0) is 17.1. The largest absolute Gasteiger partial charge is 0.490 e. The molecule has 2 aromatic carbocycles. The van der Waals surface area contributed by atoms with Gasteiger partial charge in [-0.3, -0.25) is 4.79 Å². The van der Waals surface area contributed by atoms with E-state index in [9.17, 15) is 9.18 Å². The summed E-state index contributed by atoms with van der Waals surface area (Å²) in [5.74, 6) is -0.461. The third kappa shape index (κ3) is 3.45. The summed E-state index contributed by atoms with van der Waals surface area (Å²) >= 11 is 0. The van der Waals surface area contributed by atoms with Gasteiger partial charge in [0.15, 0.2) is 5.96 Å². The highest BCUT2D eigenvalue weighted by Crippen LogP contribution is 2.33. The monoisotopic (exact) mass is 328 g/mol. The van der Waals surface area contributed by atoms with Crippen LogP contribution in [-0.2, 0) is 6.54 Å². The second kappa shape index (κ2) is 6.57. The van der Waals surface area contributed by atoms with Gasteiger partial charge in [0.1, 0.15) is 18.2 Å². The van der Waals surface area contributed by atoms with Gasteiger partial charge in [-0.25, -0.2) is 4.39 Å². The van der Waals surface area contributed by atoms with Gasteiger partial charge in [-0.15, -0.1) is 0 Å². The summed E-state index contributed by atoms with van der Waals surface area (Å²) in [6.07, 6.45) is 0. The molecule has 1 amide bonds. The van der Waals surface area contributed by atoms with Gasteiger partial charge in [-0.05, 0) is 35.9 Å². The van der Waals surface area contributed by atoms with Gasteiger partial charge >= 0.3 is 0 Å². The Morgan fingerprint density at radius 2 is 1.96 bits per heavy atom. The van der Waals surface area contributed by atoms with Gasteiger partial charge in [0, 0.05) is 12.1 Å². The van der Waals surface area contributed by atoms with Crippen LogP contribution < -0.4 is 21.1 Å². The number of amides is 1. The van der Waals surface area contributed by atoms with E-state index in [-0.39, 0.29) is 11.8 Å². The van der Waals surface area contributed by atoms with Crippen molar-refractivity contribution in [1.29, 1.82) is 0 Å². The molecule has 1 aliphatic rings. The minimum atomic E-state index is -0.517. The Morgan fingerprint density at radius 3 is 2.67 bits per heavy atom. The number of rotatable bonds is 3. The van der Waals surface area contributed by atoms with Crippen molar-refractivity contribution in [2.75, 3.05) is 18.1 Å². The van der Waals surface area contributed by atoms with E-state index in [1.807, 2.05) is 0 Å². The van der Waals surface area contributed by atoms with E-state index in [1.165, 1.54) is 12.1 Å². The Hall–Kier alpha value is -3.09. The Kier molecular flexibility index (Phi) is 4.33. The van der Waals surface area contributed by atoms with Gasteiger partial charge in [0.05, 0.1) is 12.2 Å². The molecule has 3 rings (SSSR count). The average molecular weight is 328 g/mol. The van der Waals surface area contributed by atoms with Crippen molar-refractivity contribution in [3.63, 3.8) is 0 Å². The zero-order valence-electron chi connectivity index (χ0n) is 12.9. The van der Waals surface area contributed by atoms with Crippen LogP contribution in [0.2, 0.25) is 0 Å². The standard InChI is InChI=1S/C17H17FN4O2/c18-13-4-1-11(2-5-13)10-22-7-8-24-15-9-12(3-6-14(15)22)16(23)21-17(19)20/h1-6,9H,7-8,10H2,(H4,19,20,21,23). The first kappa shape index (κ1) is 15.8. The van der Waals surface area contributed by atoms with Crippen molar-refractivity contribution in [1.82, 2.24) is 0 Å². The average Bonchev–Trinajstić information content (AvgIpc) is 2.56. The number of aliphatic imine (C=N–C) groups is 1. The van der Waals surface area contributed by atoms with E-state index < -0.39 is 5.91 Å². The van der Waals surface area contributed by atoms with Crippen LogP contribution in [0.25, 0.3) is 0 Å². The normalized spacial score (nSPS) is 13.0. The molecule has 1 heterocycles. The van der Waals surface area contributed by atoms with E-state index >= 15 is 0 Å². The number of nitrogens with two attached hydrogens (primary N) is 2. The molecule has 7 heteroatoms. The van der Waals surface area contributed by atoms with E-state index in [1.54, 1.807) is 30.3 Å². The summed E-state index contributed by atoms with van der Waals surface area (Å²) in [5.41, 5.74) is 12.7. The SMILES string of the molecule is NC(N)=NC(=O)c1ccc2c(c1)OCCN2Cc1ccc(F)cc1. The van der Waals surface area contributed by atoms with E-state index in [0.29, 0.717) is 31.0 Å². The van der Waals surface area contributed by atoms with Gasteiger partial charge in [-0.2, -0.15) is 4.99 Å². The summed E-state index contributed by atoms with van der Waals surface area (Å²) in [6, 6.07) is 11.5. The number of guanidine groups is 1. The first-order chi connectivity index (χ1) is 11.5. The fourth-order valence-electron chi connectivity index (χ4n) is 2.57. The highest BCUT2D eigenvalue weighted by molar-refractivity contribution is 6.02. The third-order valence-electron chi connectivity index (χ3n) is 3.68. The number of hydrogen-bond acceptors (Lipinski definition) is 3. The van der Waals surface area contributed by atoms with Crippen LogP contribution in [0.15, 0.2) is 47.5 Å². The second-order valence-corrected chi connectivity index (χ2v) is 5.42. The first-order valence-electron chi connectivity index (χ1n) is 7.43. The van der Waals surface area contributed by atoms with Crippen molar-refractivity contribution in [2.45, 2.75) is 6.54 Å². The number of carbonyl (C=O) groups is 1. The predicted octanol–water partition coefficient (Wildman–Crippen LogP) is 1.64. The molecule has 2 aromatic rings. The minimum absolute atomic E-state index is 0.260. The number of ether oxygens (including phenoxy) is 1. The highest BCUT2D eigenvalue weighted by atomic mass is 19.1. The van der Waals surface area contributed by atoms with Crippen LogP contribution in [-0.4, -0.2) is 25.0 Å². The number of hydrogen-bond donors (Lipinski definition) is 2. The summed E-state index contributed by atoms with van der Waals surface area (Å²) in [5, 5.41) is 0. The predicted molar refractivity (Wildman–Crippen MR) is 89.5 cm³/mol. The molecular weight excluding hydrogens is 311 g/mol. The zero-order valence-corrected chi connectivity index (χ0v) is 12.9. The second-order valence-electron chi connectivity index (χ2n) is 5.42.